The van der Waals surface area contributed by atoms with Crippen molar-refractivity contribution >= 4 is 20.4 Å². The number of rotatable bonds is 4. The fraction of sp³-hybridized carbons (Fsp3) is 0.429. The predicted molar refractivity (Wildman–Crippen MR) is 109 cm³/mol. The van der Waals surface area contributed by atoms with Crippen LogP contribution in [0.5, 0.6) is 0 Å². The van der Waals surface area contributed by atoms with E-state index in [1.165, 1.54) is 10.8 Å². The van der Waals surface area contributed by atoms with Gasteiger partial charge in [0.1, 0.15) is 0 Å². The average Bonchev–Trinajstić information content (AvgIpc) is 2.76. The highest BCUT2D eigenvalue weighted by Crippen LogP contribution is 2.43. The maximum atomic E-state index is 6.50. The zero-order valence-corrected chi connectivity index (χ0v) is 17.2. The summed E-state index contributed by atoms with van der Waals surface area (Å²) >= 11 is 0. The molecule has 1 saturated heterocycles. The van der Waals surface area contributed by atoms with E-state index < -0.39 is 8.07 Å². The van der Waals surface area contributed by atoms with Gasteiger partial charge < -0.3 is 9.31 Å². The smallest absolute Gasteiger partial charge is 0.403 e. The topological polar surface area (TPSA) is 18.5 Å². The van der Waals surface area contributed by atoms with Gasteiger partial charge >= 0.3 is 7.12 Å². The van der Waals surface area contributed by atoms with Gasteiger partial charge in [0, 0.05) is 5.44 Å². The van der Waals surface area contributed by atoms with Crippen LogP contribution in [0.4, 0.5) is 0 Å². The molecule has 1 heterocycles. The summed E-state index contributed by atoms with van der Waals surface area (Å²) in [6.45, 7) is 13.4. The molecule has 0 radical (unpaired) electrons. The van der Waals surface area contributed by atoms with E-state index in [4.69, 9.17) is 9.31 Å². The van der Waals surface area contributed by atoms with Crippen molar-refractivity contribution in [1.29, 1.82) is 0 Å². The van der Waals surface area contributed by atoms with Crippen LogP contribution >= 0.6 is 0 Å². The van der Waals surface area contributed by atoms with Crippen molar-refractivity contribution in [2.24, 2.45) is 0 Å². The molecule has 3 rings (SSSR count). The Labute approximate surface area is 153 Å². The monoisotopic (exact) mass is 352 g/mol. The minimum absolute atomic E-state index is 0.228. The van der Waals surface area contributed by atoms with E-state index in [2.05, 4.69) is 101 Å². The lowest BCUT2D eigenvalue weighted by Crippen LogP contribution is -2.54. The van der Waals surface area contributed by atoms with Gasteiger partial charge in [0.2, 0.25) is 0 Å². The first-order valence-electron chi connectivity index (χ1n) is 9.11. The van der Waals surface area contributed by atoms with E-state index >= 15 is 0 Å². The Morgan fingerprint density at radius 2 is 1.20 bits per heavy atom. The van der Waals surface area contributed by atoms with Gasteiger partial charge in [-0.1, -0.05) is 78.9 Å². The van der Waals surface area contributed by atoms with Crippen molar-refractivity contribution in [1.82, 2.24) is 0 Å². The number of hydrogen-bond acceptors (Lipinski definition) is 2. The van der Waals surface area contributed by atoms with E-state index in [1.807, 2.05) is 0 Å². The maximum Gasteiger partial charge on any atom is 0.463 e. The molecule has 1 atom stereocenters. The second-order valence-corrected chi connectivity index (χ2v) is 13.2. The van der Waals surface area contributed by atoms with Crippen LogP contribution in [0, 0.1) is 0 Å². The molecular formula is C21H29BO2Si. The molecule has 0 spiro atoms. The van der Waals surface area contributed by atoms with Crippen LogP contribution < -0.4 is 5.19 Å². The first-order valence-corrected chi connectivity index (χ1v) is 12.2. The molecule has 1 unspecified atom stereocenters. The standard InChI is InChI=1S/C21H29BO2Si/c1-20(2)21(3,4)24-22(23-20)19(17-13-9-7-10-14-17)25(5,6)18-15-11-8-12-16-18/h7-16,19H,1-6H3. The van der Waals surface area contributed by atoms with Gasteiger partial charge in [-0.05, 0) is 33.3 Å². The molecule has 0 bridgehead atoms. The zero-order chi connectivity index (χ0) is 18.3. The molecule has 1 fully saturated rings. The second-order valence-electron chi connectivity index (χ2n) is 8.60. The van der Waals surface area contributed by atoms with Crippen LogP contribution in [0.2, 0.25) is 13.1 Å². The molecule has 132 valence electrons. The van der Waals surface area contributed by atoms with E-state index in [0.717, 1.165) is 0 Å². The van der Waals surface area contributed by atoms with E-state index in [9.17, 15) is 0 Å². The van der Waals surface area contributed by atoms with Gasteiger partial charge in [0.15, 0.2) is 0 Å². The van der Waals surface area contributed by atoms with Crippen LogP contribution in [-0.4, -0.2) is 26.4 Å². The Bertz CT molecular complexity index is 697. The second kappa shape index (κ2) is 6.42. The molecule has 2 nitrogen and oxygen atoms in total. The fourth-order valence-electron chi connectivity index (χ4n) is 3.65. The summed E-state index contributed by atoms with van der Waals surface area (Å²) < 4.78 is 13.0. The lowest BCUT2D eigenvalue weighted by atomic mass is 9.79. The average molecular weight is 352 g/mol. The summed E-state index contributed by atoms with van der Waals surface area (Å²) in [7, 11) is -2.12. The molecule has 0 saturated carbocycles. The highest BCUT2D eigenvalue weighted by Gasteiger charge is 2.57. The van der Waals surface area contributed by atoms with E-state index in [1.54, 1.807) is 0 Å². The molecule has 0 N–H and O–H groups in total. The predicted octanol–water partition coefficient (Wildman–Crippen LogP) is 4.56. The molecule has 25 heavy (non-hydrogen) atoms. The third kappa shape index (κ3) is 3.35. The maximum absolute atomic E-state index is 6.50. The largest absolute Gasteiger partial charge is 0.463 e. The number of hydrogen-bond donors (Lipinski definition) is 0. The van der Waals surface area contributed by atoms with Crippen molar-refractivity contribution < 1.29 is 9.31 Å². The normalized spacial score (nSPS) is 20.5. The summed E-state index contributed by atoms with van der Waals surface area (Å²) in [5, 5.41) is 1.43. The Morgan fingerprint density at radius 3 is 1.68 bits per heavy atom. The Kier molecular flexibility index (Phi) is 4.73. The van der Waals surface area contributed by atoms with Crippen molar-refractivity contribution in [3.05, 3.63) is 66.2 Å². The third-order valence-corrected chi connectivity index (χ3v) is 9.98. The first kappa shape index (κ1) is 18.4. The minimum Gasteiger partial charge on any atom is -0.403 e. The van der Waals surface area contributed by atoms with Crippen LogP contribution in [0.1, 0.15) is 38.7 Å². The van der Waals surface area contributed by atoms with Crippen LogP contribution in [0.15, 0.2) is 60.7 Å². The number of benzene rings is 2. The summed E-state index contributed by atoms with van der Waals surface area (Å²) in [5.74, 6) is 0. The Balaban J connectivity index is 2.06. The van der Waals surface area contributed by atoms with Crippen molar-refractivity contribution in [3.8, 4) is 0 Å². The molecule has 1 aliphatic rings. The molecular weight excluding hydrogens is 323 g/mol. The van der Waals surface area contributed by atoms with Crippen molar-refractivity contribution in [2.75, 3.05) is 0 Å². The van der Waals surface area contributed by atoms with E-state index in [0.29, 0.717) is 0 Å². The molecule has 4 heteroatoms. The lowest BCUT2D eigenvalue weighted by molar-refractivity contribution is 0.00578. The van der Waals surface area contributed by atoms with Gasteiger partial charge in [0.25, 0.3) is 0 Å². The van der Waals surface area contributed by atoms with Crippen molar-refractivity contribution in [3.63, 3.8) is 0 Å². The molecule has 2 aromatic rings. The zero-order valence-electron chi connectivity index (χ0n) is 16.2. The summed E-state index contributed by atoms with van der Waals surface area (Å²) in [6.07, 6.45) is 0. The van der Waals surface area contributed by atoms with Gasteiger partial charge in [-0.15, -0.1) is 0 Å². The highest BCUT2D eigenvalue weighted by atomic mass is 28.3. The molecule has 1 aliphatic heterocycles. The quantitative estimate of drug-likeness (QED) is 0.751. The Hall–Kier alpha value is -1.36. The fourth-order valence-corrected chi connectivity index (χ4v) is 6.90. The van der Waals surface area contributed by atoms with Gasteiger partial charge in [-0.25, -0.2) is 0 Å². The third-order valence-electron chi connectivity index (χ3n) is 6.00. The van der Waals surface area contributed by atoms with Gasteiger partial charge in [-0.3, -0.25) is 0 Å². The van der Waals surface area contributed by atoms with Crippen LogP contribution in [0.25, 0.3) is 0 Å². The minimum atomic E-state index is -1.89. The van der Waals surface area contributed by atoms with Crippen LogP contribution in [-0.2, 0) is 9.31 Å². The van der Waals surface area contributed by atoms with Gasteiger partial charge in [-0.2, -0.15) is 0 Å². The molecule has 2 aromatic carbocycles. The summed E-state index contributed by atoms with van der Waals surface area (Å²) in [4.78, 5) is 0. The summed E-state index contributed by atoms with van der Waals surface area (Å²) in [5.41, 5.74) is 0.913. The van der Waals surface area contributed by atoms with Crippen molar-refractivity contribution in [2.45, 2.75) is 57.4 Å². The SMILES string of the molecule is CC1(C)OB(C(c2ccccc2)[Si](C)(C)c2ccccc2)OC1(C)C. The molecule has 0 aliphatic carbocycles. The molecule has 0 amide bonds. The van der Waals surface area contributed by atoms with E-state index in [-0.39, 0.29) is 23.8 Å². The van der Waals surface area contributed by atoms with Crippen LogP contribution in [0.3, 0.4) is 0 Å². The molecule has 0 aromatic heterocycles. The van der Waals surface area contributed by atoms with Gasteiger partial charge in [0.05, 0.1) is 19.3 Å². The Morgan fingerprint density at radius 1 is 0.760 bits per heavy atom. The lowest BCUT2D eigenvalue weighted by Gasteiger charge is -2.35. The summed E-state index contributed by atoms with van der Waals surface area (Å²) in [6, 6.07) is 21.6. The highest BCUT2D eigenvalue weighted by molar-refractivity contribution is 6.97. The first-order chi connectivity index (χ1) is 11.7.